The smallest absolute Gasteiger partial charge is 0.264 e. The molecule has 50 valence electrons. The zero-order chi connectivity index (χ0) is 6.97. The number of fused-ring (bicyclic) bond motifs is 1. The van der Waals surface area contributed by atoms with Crippen molar-refractivity contribution in [3.05, 3.63) is 24.0 Å². The molecule has 3 nitrogen and oxygen atoms in total. The molecule has 0 spiro atoms. The Morgan fingerprint density at radius 3 is 3.30 bits per heavy atom. The summed E-state index contributed by atoms with van der Waals surface area (Å²) in [6, 6.07) is 3.65. The van der Waals surface area contributed by atoms with Crippen molar-refractivity contribution in [3.8, 4) is 0 Å². The third-order valence-corrected chi connectivity index (χ3v) is 1.57. The van der Waals surface area contributed by atoms with E-state index in [4.69, 9.17) is 5.21 Å². The molecule has 1 aliphatic rings. The average Bonchev–Trinajstić information content (AvgIpc) is 2.36. The largest absolute Gasteiger partial charge is 0.285 e. The fraction of sp³-hybridized carbons (Fsp3) is 0.143. The molecule has 0 saturated carbocycles. The van der Waals surface area contributed by atoms with Gasteiger partial charge in [-0.1, -0.05) is 0 Å². The molecule has 0 unspecified atom stereocenters. The predicted molar refractivity (Wildman–Crippen MR) is 35.7 cm³/mol. The average molecular weight is 135 g/mol. The minimum atomic E-state index is 0.729. The van der Waals surface area contributed by atoms with E-state index in [0.29, 0.717) is 0 Å². The van der Waals surface area contributed by atoms with Crippen LogP contribution in [0.5, 0.6) is 0 Å². The lowest BCUT2D eigenvalue weighted by Crippen LogP contribution is -2.33. The molecule has 1 aromatic heterocycles. The third-order valence-electron chi connectivity index (χ3n) is 1.57. The van der Waals surface area contributed by atoms with Crippen molar-refractivity contribution in [1.29, 1.82) is 0 Å². The normalized spacial score (nSPS) is 13.6. The van der Waals surface area contributed by atoms with Crippen LogP contribution in [0, 0.1) is 0 Å². The van der Waals surface area contributed by atoms with Crippen LogP contribution in [0.3, 0.4) is 0 Å². The highest BCUT2D eigenvalue weighted by atomic mass is 16.5. The molecule has 0 aliphatic carbocycles. The molecule has 0 fully saturated rings. The molecule has 0 aromatic carbocycles. The topological polar surface area (TPSA) is 36.5 Å². The van der Waals surface area contributed by atoms with E-state index in [-0.39, 0.29) is 0 Å². The number of aliphatic imine (C=N–C) groups is 1. The molecule has 2 heterocycles. The second-order valence-electron chi connectivity index (χ2n) is 2.20. The van der Waals surface area contributed by atoms with Crippen molar-refractivity contribution in [2.24, 2.45) is 4.99 Å². The SMILES string of the molecule is O[n+]1cccc2c1CC=N2. The number of hydrogen-bond donors (Lipinski definition) is 1. The molecular formula is C7H7N2O+. The molecule has 1 N–H and O–H groups in total. The summed E-state index contributed by atoms with van der Waals surface area (Å²) in [6.45, 7) is 0. The highest BCUT2D eigenvalue weighted by Crippen LogP contribution is 2.18. The van der Waals surface area contributed by atoms with Crippen molar-refractivity contribution in [2.45, 2.75) is 6.42 Å². The Balaban J connectivity index is 2.66. The molecule has 2 rings (SSSR count). The first kappa shape index (κ1) is 5.41. The minimum absolute atomic E-state index is 0.729. The lowest BCUT2D eigenvalue weighted by Gasteiger charge is -1.89. The van der Waals surface area contributed by atoms with E-state index in [2.05, 4.69) is 4.99 Å². The molecule has 3 heteroatoms. The first-order valence-electron chi connectivity index (χ1n) is 3.13. The molecular weight excluding hydrogens is 128 g/mol. The van der Waals surface area contributed by atoms with Crippen LogP contribution in [0.2, 0.25) is 0 Å². The van der Waals surface area contributed by atoms with Crippen molar-refractivity contribution in [2.75, 3.05) is 0 Å². The van der Waals surface area contributed by atoms with Gasteiger partial charge in [-0.15, -0.1) is 0 Å². The van der Waals surface area contributed by atoms with Crippen molar-refractivity contribution in [3.63, 3.8) is 0 Å². The summed E-state index contributed by atoms with van der Waals surface area (Å²) < 4.78 is 1.11. The Morgan fingerprint density at radius 1 is 1.60 bits per heavy atom. The van der Waals surface area contributed by atoms with Gasteiger partial charge in [-0.25, -0.2) is 0 Å². The molecule has 1 aliphatic heterocycles. The molecule has 0 amide bonds. The van der Waals surface area contributed by atoms with Crippen molar-refractivity contribution < 1.29 is 9.94 Å². The highest BCUT2D eigenvalue weighted by molar-refractivity contribution is 5.72. The fourth-order valence-electron chi connectivity index (χ4n) is 1.07. The molecule has 0 atom stereocenters. The first-order valence-corrected chi connectivity index (χ1v) is 3.13. The molecule has 0 radical (unpaired) electrons. The molecule has 10 heavy (non-hydrogen) atoms. The standard InChI is InChI=1S/C7H7N2O/c10-9-5-1-2-6-7(9)3-4-8-6/h1-2,4-5,10H,3H2/q+1. The van der Waals surface area contributed by atoms with Crippen LogP contribution in [0.1, 0.15) is 5.69 Å². The second-order valence-corrected chi connectivity index (χ2v) is 2.20. The summed E-state index contributed by atoms with van der Waals surface area (Å²) in [5.41, 5.74) is 1.73. The number of rotatable bonds is 0. The van der Waals surface area contributed by atoms with Gasteiger partial charge in [-0.05, 0) is 6.07 Å². The maximum absolute atomic E-state index is 9.17. The van der Waals surface area contributed by atoms with Gasteiger partial charge in [0.15, 0.2) is 0 Å². The molecule has 1 aromatic rings. The molecule has 0 bridgehead atoms. The summed E-state index contributed by atoms with van der Waals surface area (Å²) in [4.78, 5) is 4.05. The van der Waals surface area contributed by atoms with E-state index < -0.39 is 0 Å². The monoisotopic (exact) mass is 135 g/mol. The van der Waals surface area contributed by atoms with Gasteiger partial charge in [0.1, 0.15) is 5.69 Å². The number of pyridine rings is 1. The van der Waals surface area contributed by atoms with Gasteiger partial charge in [-0.2, -0.15) is 0 Å². The number of aromatic nitrogens is 1. The maximum atomic E-state index is 9.17. The summed E-state index contributed by atoms with van der Waals surface area (Å²) in [5, 5.41) is 9.17. The Bertz CT molecular complexity index is 294. The van der Waals surface area contributed by atoms with Crippen LogP contribution in [0.25, 0.3) is 0 Å². The van der Waals surface area contributed by atoms with E-state index in [1.54, 1.807) is 18.5 Å². The van der Waals surface area contributed by atoms with Crippen LogP contribution in [0.15, 0.2) is 23.3 Å². The third kappa shape index (κ3) is 0.603. The second kappa shape index (κ2) is 1.80. The van der Waals surface area contributed by atoms with Gasteiger partial charge in [0.2, 0.25) is 6.20 Å². The summed E-state index contributed by atoms with van der Waals surface area (Å²) >= 11 is 0. The zero-order valence-electron chi connectivity index (χ0n) is 5.36. The Morgan fingerprint density at radius 2 is 2.50 bits per heavy atom. The number of hydrogen-bond acceptors (Lipinski definition) is 2. The Kier molecular flexibility index (Phi) is 0.974. The van der Waals surface area contributed by atoms with Crippen LogP contribution in [-0.4, -0.2) is 11.4 Å². The van der Waals surface area contributed by atoms with Crippen LogP contribution >= 0.6 is 0 Å². The zero-order valence-corrected chi connectivity index (χ0v) is 5.36. The highest BCUT2D eigenvalue weighted by Gasteiger charge is 2.17. The number of nitrogens with zero attached hydrogens (tertiary/aromatic N) is 2. The Hall–Kier alpha value is -1.38. The lowest BCUT2D eigenvalue weighted by atomic mass is 10.3. The Labute approximate surface area is 58.2 Å². The summed E-state index contributed by atoms with van der Waals surface area (Å²) in [7, 11) is 0. The minimum Gasteiger partial charge on any atom is -0.285 e. The summed E-state index contributed by atoms with van der Waals surface area (Å²) in [5.74, 6) is 0. The van der Waals surface area contributed by atoms with Gasteiger partial charge < -0.3 is 0 Å². The molecule has 0 saturated heterocycles. The van der Waals surface area contributed by atoms with Crippen molar-refractivity contribution in [1.82, 2.24) is 0 Å². The van der Waals surface area contributed by atoms with Gasteiger partial charge in [-0.3, -0.25) is 10.2 Å². The quantitative estimate of drug-likeness (QED) is 0.407. The van der Waals surface area contributed by atoms with Crippen LogP contribution in [0.4, 0.5) is 5.69 Å². The predicted octanol–water partition coefficient (Wildman–Crippen LogP) is 0.470. The van der Waals surface area contributed by atoms with E-state index in [1.807, 2.05) is 6.07 Å². The van der Waals surface area contributed by atoms with E-state index in [1.165, 1.54) is 0 Å². The fourth-order valence-corrected chi connectivity index (χ4v) is 1.07. The van der Waals surface area contributed by atoms with Gasteiger partial charge >= 0.3 is 0 Å². The van der Waals surface area contributed by atoms with Crippen molar-refractivity contribution >= 4 is 11.9 Å². The summed E-state index contributed by atoms with van der Waals surface area (Å²) in [6.07, 6.45) is 4.12. The van der Waals surface area contributed by atoms with Crippen LogP contribution < -0.4 is 4.73 Å². The van der Waals surface area contributed by atoms with Gasteiger partial charge in [0, 0.05) is 17.0 Å². The van der Waals surface area contributed by atoms with Crippen LogP contribution in [-0.2, 0) is 6.42 Å². The maximum Gasteiger partial charge on any atom is 0.264 e. The van der Waals surface area contributed by atoms with E-state index >= 15 is 0 Å². The first-order chi connectivity index (χ1) is 4.88. The van der Waals surface area contributed by atoms with E-state index in [0.717, 1.165) is 22.5 Å². The lowest BCUT2D eigenvalue weighted by molar-refractivity contribution is -0.908. The van der Waals surface area contributed by atoms with Gasteiger partial charge in [0.05, 0.1) is 6.42 Å². The van der Waals surface area contributed by atoms with Gasteiger partial charge in [0.25, 0.3) is 5.69 Å². The van der Waals surface area contributed by atoms with E-state index in [9.17, 15) is 0 Å².